The number of nitrogens with zero attached hydrogens (tertiary/aromatic N) is 1. The van der Waals surface area contributed by atoms with E-state index in [1.165, 1.54) is 6.07 Å². The van der Waals surface area contributed by atoms with Gasteiger partial charge in [0, 0.05) is 10.5 Å². The Balaban J connectivity index is 3.39. The molecule has 5 heteroatoms. The first kappa shape index (κ1) is 9.81. The van der Waals surface area contributed by atoms with Crippen molar-refractivity contribution in [2.24, 2.45) is 0 Å². The molecule has 0 aliphatic heterocycles. The molecule has 0 atom stereocenters. The van der Waals surface area contributed by atoms with Gasteiger partial charge in [-0.25, -0.2) is 0 Å². The third-order valence-electron chi connectivity index (χ3n) is 1.39. The molecular weight excluding hydrogens is 233 g/mol. The minimum atomic E-state index is -0.496. The lowest BCUT2D eigenvalue weighted by Gasteiger charge is -1.97. The number of benzene rings is 1. The van der Waals surface area contributed by atoms with Gasteiger partial charge in [0.25, 0.3) is 5.69 Å². The Labute approximate surface area is 84.8 Å². The summed E-state index contributed by atoms with van der Waals surface area (Å²) in [6.07, 6.45) is 0. The van der Waals surface area contributed by atoms with Crippen LogP contribution in [0.15, 0.2) is 22.7 Å². The quantitative estimate of drug-likeness (QED) is 0.323. The van der Waals surface area contributed by atoms with E-state index in [1.807, 2.05) is 0 Å². The Bertz CT molecular complexity index is 408. The molecule has 0 aromatic heterocycles. The second kappa shape index (κ2) is 4.10. The number of halogens is 1. The molecule has 62 valence electrons. The fraction of sp³-hybridized carbons (Fsp3) is 0. The molecule has 0 saturated carbocycles. The van der Waals surface area contributed by atoms with Crippen molar-refractivity contribution in [2.45, 2.75) is 0 Å². The Morgan fingerprint density at radius 3 is 2.77 bits per heavy atom. The van der Waals surface area contributed by atoms with Gasteiger partial charge in [0.15, 0.2) is 7.85 Å². The highest BCUT2D eigenvalue weighted by atomic mass is 79.9. The third-order valence-corrected chi connectivity index (χ3v) is 2.05. The zero-order valence-electron chi connectivity index (χ0n) is 6.45. The van der Waals surface area contributed by atoms with Crippen LogP contribution in [-0.2, 0) is 0 Å². The molecule has 0 fully saturated rings. The molecule has 0 heterocycles. The number of nitro benzene ring substituents is 1. The van der Waals surface area contributed by atoms with Crippen LogP contribution in [0, 0.1) is 21.9 Å². The molecule has 3 nitrogen and oxygen atoms in total. The van der Waals surface area contributed by atoms with Crippen LogP contribution < -0.4 is 0 Å². The number of hydrogen-bond acceptors (Lipinski definition) is 2. The lowest BCUT2D eigenvalue weighted by atomic mass is 10.1. The summed E-state index contributed by atoms with van der Waals surface area (Å²) < 4.78 is 0.569. The zero-order chi connectivity index (χ0) is 9.84. The third kappa shape index (κ3) is 2.10. The lowest BCUT2D eigenvalue weighted by Crippen LogP contribution is -1.92. The average molecular weight is 236 g/mol. The van der Waals surface area contributed by atoms with Crippen LogP contribution in [0.2, 0.25) is 0 Å². The monoisotopic (exact) mass is 235 g/mol. The van der Waals surface area contributed by atoms with E-state index in [2.05, 4.69) is 27.7 Å². The van der Waals surface area contributed by atoms with Crippen LogP contribution in [0.3, 0.4) is 0 Å². The van der Waals surface area contributed by atoms with Gasteiger partial charge < -0.3 is 0 Å². The van der Waals surface area contributed by atoms with E-state index in [9.17, 15) is 10.1 Å². The first-order valence-corrected chi connectivity index (χ1v) is 4.10. The van der Waals surface area contributed by atoms with Crippen LogP contribution in [0.1, 0.15) is 5.56 Å². The Hall–Kier alpha value is -1.28. The predicted octanol–water partition coefficient (Wildman–Crippen LogP) is 1.83. The minimum Gasteiger partial charge on any atom is -0.258 e. The Morgan fingerprint density at radius 1 is 1.54 bits per heavy atom. The molecule has 0 aliphatic carbocycles. The van der Waals surface area contributed by atoms with Crippen molar-refractivity contribution >= 4 is 29.5 Å². The van der Waals surface area contributed by atoms with Crippen LogP contribution >= 0.6 is 15.9 Å². The van der Waals surface area contributed by atoms with E-state index < -0.39 is 4.92 Å². The van der Waals surface area contributed by atoms with Gasteiger partial charge in [0.05, 0.1) is 4.92 Å². The molecule has 0 N–H and O–H groups in total. The molecule has 1 rings (SSSR count). The maximum absolute atomic E-state index is 10.5. The van der Waals surface area contributed by atoms with Gasteiger partial charge in [-0.05, 0) is 22.0 Å². The first-order valence-electron chi connectivity index (χ1n) is 3.31. The van der Waals surface area contributed by atoms with Crippen molar-refractivity contribution in [1.29, 1.82) is 0 Å². The lowest BCUT2D eigenvalue weighted by molar-refractivity contribution is -0.385. The molecule has 0 bridgehead atoms. The molecule has 0 aliphatic rings. The highest BCUT2D eigenvalue weighted by Gasteiger charge is 2.13. The van der Waals surface area contributed by atoms with E-state index in [-0.39, 0.29) is 5.69 Å². The Kier molecular flexibility index (Phi) is 3.10. The molecule has 0 unspecified atom stereocenters. The number of rotatable bonds is 1. The van der Waals surface area contributed by atoms with Crippen molar-refractivity contribution < 1.29 is 4.92 Å². The van der Waals surface area contributed by atoms with Crippen molar-refractivity contribution in [3.05, 3.63) is 38.3 Å². The summed E-state index contributed by atoms with van der Waals surface area (Å²) in [4.78, 5) is 10.0. The standard InChI is InChI=1S/C8H3BBrNO2/c9-5-4-6-7(10)2-1-3-8(6)11(12)13/h1-3H. The van der Waals surface area contributed by atoms with E-state index in [0.29, 0.717) is 10.0 Å². The van der Waals surface area contributed by atoms with E-state index >= 15 is 0 Å². The SMILES string of the molecule is [B]C#Cc1c(Br)cccc1[N+](=O)[O-]. The summed E-state index contributed by atoms with van der Waals surface area (Å²) in [5.41, 5.74) is 0.252. The number of hydrogen-bond donors (Lipinski definition) is 0. The minimum absolute atomic E-state index is 0.0488. The van der Waals surface area contributed by atoms with Gasteiger partial charge in [-0.1, -0.05) is 12.0 Å². The predicted molar refractivity (Wildman–Crippen MR) is 53.4 cm³/mol. The van der Waals surface area contributed by atoms with Crippen LogP contribution in [-0.4, -0.2) is 12.8 Å². The van der Waals surface area contributed by atoms with Crippen LogP contribution in [0.4, 0.5) is 5.69 Å². The van der Waals surface area contributed by atoms with Crippen molar-refractivity contribution in [1.82, 2.24) is 0 Å². The zero-order valence-corrected chi connectivity index (χ0v) is 8.04. The summed E-state index contributed by atoms with van der Waals surface area (Å²) in [6, 6.07) is 4.63. The molecule has 13 heavy (non-hydrogen) atoms. The van der Waals surface area contributed by atoms with Crippen molar-refractivity contribution in [2.75, 3.05) is 0 Å². The average Bonchev–Trinajstić information content (AvgIpc) is 2.08. The van der Waals surface area contributed by atoms with Gasteiger partial charge in [-0.3, -0.25) is 10.1 Å². The highest BCUT2D eigenvalue weighted by molar-refractivity contribution is 9.10. The van der Waals surface area contributed by atoms with Gasteiger partial charge in [-0.2, -0.15) is 5.82 Å². The molecule has 1 aromatic rings. The van der Waals surface area contributed by atoms with Gasteiger partial charge in [0.2, 0.25) is 0 Å². The second-order valence-electron chi connectivity index (χ2n) is 2.16. The smallest absolute Gasteiger partial charge is 0.258 e. The summed E-state index contributed by atoms with van der Waals surface area (Å²) >= 11 is 3.15. The van der Waals surface area contributed by atoms with Gasteiger partial charge in [0.1, 0.15) is 5.56 Å². The summed E-state index contributed by atoms with van der Waals surface area (Å²) in [7, 11) is 4.99. The Morgan fingerprint density at radius 2 is 2.23 bits per heavy atom. The van der Waals surface area contributed by atoms with Crippen molar-refractivity contribution in [3.8, 4) is 11.7 Å². The molecule has 0 spiro atoms. The van der Waals surface area contributed by atoms with E-state index in [4.69, 9.17) is 7.85 Å². The highest BCUT2D eigenvalue weighted by Crippen LogP contribution is 2.25. The fourth-order valence-electron chi connectivity index (χ4n) is 0.861. The molecule has 0 amide bonds. The van der Waals surface area contributed by atoms with Crippen LogP contribution in [0.25, 0.3) is 0 Å². The molecule has 2 radical (unpaired) electrons. The van der Waals surface area contributed by atoms with Gasteiger partial charge >= 0.3 is 0 Å². The molecule has 0 saturated heterocycles. The first-order chi connectivity index (χ1) is 6.16. The van der Waals surface area contributed by atoms with E-state index in [1.54, 1.807) is 12.1 Å². The van der Waals surface area contributed by atoms with Crippen molar-refractivity contribution in [3.63, 3.8) is 0 Å². The normalized spacial score (nSPS) is 8.69. The maximum atomic E-state index is 10.5. The maximum Gasteiger partial charge on any atom is 0.286 e. The summed E-state index contributed by atoms with van der Waals surface area (Å²) in [5.74, 6) is 4.60. The second-order valence-corrected chi connectivity index (χ2v) is 3.01. The van der Waals surface area contributed by atoms with E-state index in [0.717, 1.165) is 0 Å². The molecular formula is C8H3BBrNO2. The largest absolute Gasteiger partial charge is 0.286 e. The van der Waals surface area contributed by atoms with Gasteiger partial charge in [-0.15, -0.1) is 0 Å². The summed E-state index contributed by atoms with van der Waals surface area (Å²) in [6.45, 7) is 0. The topological polar surface area (TPSA) is 43.1 Å². The molecule has 1 aromatic carbocycles. The number of nitro groups is 1. The fourth-order valence-corrected chi connectivity index (χ4v) is 1.32. The van der Waals surface area contributed by atoms with Crippen LogP contribution in [0.5, 0.6) is 0 Å². The summed E-state index contributed by atoms with van der Waals surface area (Å²) in [5, 5.41) is 10.5.